The molecule has 4 aromatic rings. The van der Waals surface area contributed by atoms with E-state index >= 15 is 0 Å². The van der Waals surface area contributed by atoms with Crippen molar-refractivity contribution >= 4 is 28.2 Å². The number of H-pyrrole nitrogens is 1. The Morgan fingerprint density at radius 2 is 1.76 bits per heavy atom. The number of nitrogens with one attached hydrogen (secondary N) is 1. The Bertz CT molecular complexity index is 1420. The van der Waals surface area contributed by atoms with Crippen LogP contribution in [0.25, 0.3) is 16.6 Å². The first-order chi connectivity index (χ1) is 16.0. The normalized spacial score (nSPS) is 14.7. The Kier molecular flexibility index (Phi) is 5.70. The number of aromatic nitrogens is 4. The Balaban J connectivity index is 1.30. The molecule has 1 N–H and O–H groups in total. The molecule has 33 heavy (non-hydrogen) atoms. The number of hydrogen-bond acceptors (Lipinski definition) is 6. The third-order valence-corrected chi connectivity index (χ3v) is 6.33. The quantitative estimate of drug-likeness (QED) is 0.502. The minimum Gasteiger partial charge on any atom is -0.366 e. The first kappa shape index (κ1) is 21.4. The second kappa shape index (κ2) is 8.80. The predicted molar refractivity (Wildman–Crippen MR) is 129 cm³/mol. The summed E-state index contributed by atoms with van der Waals surface area (Å²) in [5.74, 6) is 0.653. The topological polar surface area (TPSA) is 87.1 Å². The van der Waals surface area contributed by atoms with Crippen LogP contribution in [0, 0.1) is 6.92 Å². The number of piperazine rings is 1. The fourth-order valence-corrected chi connectivity index (χ4v) is 4.43. The van der Waals surface area contributed by atoms with Crippen LogP contribution >= 0.6 is 11.6 Å². The van der Waals surface area contributed by atoms with E-state index in [4.69, 9.17) is 11.6 Å². The van der Waals surface area contributed by atoms with Gasteiger partial charge in [0.1, 0.15) is 10.8 Å². The molecular formula is C24H23ClN6O2. The summed E-state index contributed by atoms with van der Waals surface area (Å²) < 4.78 is 1.31. The van der Waals surface area contributed by atoms with Crippen LogP contribution in [0.5, 0.6) is 0 Å². The number of benzene rings is 2. The van der Waals surface area contributed by atoms with Crippen molar-refractivity contribution in [3.63, 3.8) is 0 Å². The van der Waals surface area contributed by atoms with Crippen molar-refractivity contribution in [2.75, 3.05) is 31.1 Å². The van der Waals surface area contributed by atoms with Crippen LogP contribution < -0.4 is 16.0 Å². The first-order valence-corrected chi connectivity index (χ1v) is 11.2. The third-order valence-electron chi connectivity index (χ3n) is 5.97. The number of nitrogens with zero attached hydrogens (tertiary/aromatic N) is 5. The lowest BCUT2D eigenvalue weighted by Gasteiger charge is -2.35. The molecule has 168 valence electrons. The number of para-hydroxylation sites is 2. The van der Waals surface area contributed by atoms with Gasteiger partial charge in [0.2, 0.25) is 0 Å². The van der Waals surface area contributed by atoms with Crippen LogP contribution in [-0.2, 0) is 6.54 Å². The van der Waals surface area contributed by atoms with Gasteiger partial charge in [-0.1, -0.05) is 41.9 Å². The largest absolute Gasteiger partial charge is 0.366 e. The van der Waals surface area contributed by atoms with Crippen molar-refractivity contribution in [3.05, 3.63) is 91.8 Å². The van der Waals surface area contributed by atoms with Crippen molar-refractivity contribution in [2.45, 2.75) is 13.5 Å². The van der Waals surface area contributed by atoms with Crippen molar-refractivity contribution in [1.29, 1.82) is 0 Å². The summed E-state index contributed by atoms with van der Waals surface area (Å²) >= 11 is 6.46. The van der Waals surface area contributed by atoms with Crippen LogP contribution in [0.2, 0.25) is 5.02 Å². The maximum Gasteiger partial charge on any atom is 0.292 e. The van der Waals surface area contributed by atoms with Crippen molar-refractivity contribution in [2.24, 2.45) is 0 Å². The first-order valence-electron chi connectivity index (χ1n) is 10.8. The molecule has 3 heterocycles. The molecule has 0 radical (unpaired) electrons. The van der Waals surface area contributed by atoms with Crippen molar-refractivity contribution in [1.82, 2.24) is 24.6 Å². The van der Waals surface area contributed by atoms with Crippen LogP contribution in [0.4, 0.5) is 5.69 Å². The number of aryl methyl sites for hydroxylation is 1. The Morgan fingerprint density at radius 3 is 2.52 bits per heavy atom. The lowest BCUT2D eigenvalue weighted by Crippen LogP contribution is -2.47. The number of fused-ring (bicyclic) bond motifs is 1. The summed E-state index contributed by atoms with van der Waals surface area (Å²) in [5.41, 5.74) is 2.59. The van der Waals surface area contributed by atoms with Crippen LogP contribution in [-0.4, -0.2) is 50.8 Å². The third kappa shape index (κ3) is 4.15. The SMILES string of the molecule is Cc1cccc2c(=O)[nH]c(CN3CCN(c4cnn(-c5ccccc5)c(=O)c4Cl)CC3)nc12. The Hall–Kier alpha value is -3.49. The van der Waals surface area contributed by atoms with E-state index in [2.05, 4.69) is 24.9 Å². The summed E-state index contributed by atoms with van der Waals surface area (Å²) in [4.78, 5) is 37.1. The molecule has 1 aliphatic rings. The summed E-state index contributed by atoms with van der Waals surface area (Å²) in [6, 6.07) is 14.8. The fraction of sp³-hybridized carbons (Fsp3) is 0.250. The average molecular weight is 463 g/mol. The van der Waals surface area contributed by atoms with Gasteiger partial charge in [-0.05, 0) is 30.7 Å². The van der Waals surface area contributed by atoms with E-state index < -0.39 is 0 Å². The minimum absolute atomic E-state index is 0.117. The minimum atomic E-state index is -0.337. The van der Waals surface area contributed by atoms with E-state index in [0.717, 1.165) is 24.2 Å². The van der Waals surface area contributed by atoms with E-state index in [1.165, 1.54) is 4.68 Å². The van der Waals surface area contributed by atoms with Gasteiger partial charge >= 0.3 is 0 Å². The molecule has 9 heteroatoms. The van der Waals surface area contributed by atoms with Gasteiger partial charge in [0, 0.05) is 26.2 Å². The number of anilines is 1. The van der Waals surface area contributed by atoms with E-state index in [0.29, 0.717) is 42.2 Å². The molecule has 0 amide bonds. The highest BCUT2D eigenvalue weighted by molar-refractivity contribution is 6.33. The molecule has 0 bridgehead atoms. The fourth-order valence-electron chi connectivity index (χ4n) is 4.18. The van der Waals surface area contributed by atoms with Gasteiger partial charge in [0.05, 0.1) is 35.0 Å². The van der Waals surface area contributed by atoms with Crippen molar-refractivity contribution in [3.8, 4) is 5.69 Å². The predicted octanol–water partition coefficient (Wildman–Crippen LogP) is 2.75. The van der Waals surface area contributed by atoms with Gasteiger partial charge in [-0.2, -0.15) is 9.78 Å². The molecule has 2 aromatic carbocycles. The Labute approximate surface area is 195 Å². The lowest BCUT2D eigenvalue weighted by atomic mass is 10.1. The molecule has 0 saturated carbocycles. The maximum absolute atomic E-state index is 12.8. The second-order valence-electron chi connectivity index (χ2n) is 8.14. The molecule has 0 aliphatic carbocycles. The molecule has 1 fully saturated rings. The number of aromatic amines is 1. The highest BCUT2D eigenvalue weighted by atomic mass is 35.5. The standard InChI is InChI=1S/C24H23ClN6O2/c1-16-6-5-9-18-22(16)27-20(28-23(18)32)15-29-10-12-30(13-11-29)19-14-26-31(24(33)21(19)25)17-7-3-2-4-8-17/h2-9,14H,10-13,15H2,1H3,(H,27,28,32). The van der Waals surface area contributed by atoms with Crippen LogP contribution in [0.15, 0.2) is 64.3 Å². The van der Waals surface area contributed by atoms with E-state index in [9.17, 15) is 9.59 Å². The van der Waals surface area contributed by atoms with Gasteiger partial charge in [-0.25, -0.2) is 4.98 Å². The molecular weight excluding hydrogens is 440 g/mol. The molecule has 8 nitrogen and oxygen atoms in total. The molecule has 0 unspecified atom stereocenters. The highest BCUT2D eigenvalue weighted by Gasteiger charge is 2.22. The van der Waals surface area contributed by atoms with Crippen LogP contribution in [0.1, 0.15) is 11.4 Å². The van der Waals surface area contributed by atoms with E-state index in [-0.39, 0.29) is 16.1 Å². The highest BCUT2D eigenvalue weighted by Crippen LogP contribution is 2.23. The van der Waals surface area contributed by atoms with E-state index in [1.54, 1.807) is 12.3 Å². The van der Waals surface area contributed by atoms with Gasteiger partial charge in [0.25, 0.3) is 11.1 Å². The molecule has 0 atom stereocenters. The molecule has 2 aromatic heterocycles. The molecule has 5 rings (SSSR count). The summed E-state index contributed by atoms with van der Waals surface area (Å²) in [6.45, 7) is 5.37. The zero-order chi connectivity index (χ0) is 22.9. The zero-order valence-corrected chi connectivity index (χ0v) is 18.9. The number of rotatable bonds is 4. The smallest absolute Gasteiger partial charge is 0.292 e. The van der Waals surface area contributed by atoms with Crippen molar-refractivity contribution < 1.29 is 0 Å². The van der Waals surface area contributed by atoms with Gasteiger partial charge in [-0.3, -0.25) is 14.5 Å². The monoisotopic (exact) mass is 462 g/mol. The summed E-state index contributed by atoms with van der Waals surface area (Å²) in [6.07, 6.45) is 1.65. The number of hydrogen-bond donors (Lipinski definition) is 1. The number of halogens is 1. The van der Waals surface area contributed by atoms with Crippen LogP contribution in [0.3, 0.4) is 0 Å². The average Bonchev–Trinajstić information content (AvgIpc) is 2.83. The molecule has 1 aliphatic heterocycles. The molecule has 0 spiro atoms. The zero-order valence-electron chi connectivity index (χ0n) is 18.2. The molecule has 1 saturated heterocycles. The van der Waals surface area contributed by atoms with Gasteiger partial charge in [0.15, 0.2) is 0 Å². The van der Waals surface area contributed by atoms with Gasteiger partial charge in [-0.15, -0.1) is 0 Å². The lowest BCUT2D eigenvalue weighted by molar-refractivity contribution is 0.244. The summed E-state index contributed by atoms with van der Waals surface area (Å²) in [7, 11) is 0. The van der Waals surface area contributed by atoms with Gasteiger partial charge < -0.3 is 9.88 Å². The second-order valence-corrected chi connectivity index (χ2v) is 8.52. The summed E-state index contributed by atoms with van der Waals surface area (Å²) in [5, 5.41) is 5.11. The Morgan fingerprint density at radius 1 is 1.00 bits per heavy atom. The maximum atomic E-state index is 12.8. The van der Waals surface area contributed by atoms with E-state index in [1.807, 2.05) is 49.4 Å².